The van der Waals surface area contributed by atoms with Gasteiger partial charge in [0.15, 0.2) is 0 Å². The average Bonchev–Trinajstić information content (AvgIpc) is 3.24. The van der Waals surface area contributed by atoms with Crippen LogP contribution in [0, 0.1) is 6.92 Å². The number of rotatable bonds is 7. The molecular weight excluding hydrogens is 266 g/mol. The molecule has 6 heteroatoms. The molecular formula is C15H25N5O. The van der Waals surface area contributed by atoms with Crippen molar-refractivity contribution in [1.29, 1.82) is 0 Å². The average molecular weight is 291 g/mol. The number of nitrogens with one attached hydrogen (secondary N) is 3. The van der Waals surface area contributed by atoms with Crippen molar-refractivity contribution in [2.75, 3.05) is 24.2 Å². The van der Waals surface area contributed by atoms with E-state index in [4.69, 9.17) is 0 Å². The standard InChI is InChI=1S/C15H25N5O/c1-9(2)18-12(21)7-8-17-14-10(3)13(16-4)19-15(20-14)11-5-6-11/h9,11H,5-8H2,1-4H3,(H,18,21)(H2,16,17,19,20). The van der Waals surface area contributed by atoms with Gasteiger partial charge in [-0.1, -0.05) is 0 Å². The lowest BCUT2D eigenvalue weighted by atomic mass is 10.2. The van der Waals surface area contributed by atoms with Crippen molar-refractivity contribution in [2.24, 2.45) is 0 Å². The summed E-state index contributed by atoms with van der Waals surface area (Å²) >= 11 is 0. The third kappa shape index (κ3) is 4.31. The van der Waals surface area contributed by atoms with Crippen LogP contribution in [0.1, 0.15) is 50.4 Å². The Kier molecular flexibility index (Phi) is 4.98. The van der Waals surface area contributed by atoms with Crippen LogP contribution in [-0.2, 0) is 4.79 Å². The van der Waals surface area contributed by atoms with E-state index in [0.717, 1.165) is 23.0 Å². The number of anilines is 2. The molecule has 1 aliphatic rings. The van der Waals surface area contributed by atoms with Crippen LogP contribution in [0.15, 0.2) is 0 Å². The topological polar surface area (TPSA) is 78.9 Å². The van der Waals surface area contributed by atoms with E-state index in [2.05, 4.69) is 25.9 Å². The Morgan fingerprint density at radius 3 is 2.52 bits per heavy atom. The second-order valence-electron chi connectivity index (χ2n) is 5.83. The summed E-state index contributed by atoms with van der Waals surface area (Å²) in [6, 6.07) is 0.177. The Hall–Kier alpha value is -1.85. The Balaban J connectivity index is 1.98. The Bertz CT molecular complexity index is 511. The minimum Gasteiger partial charge on any atom is -0.373 e. The molecule has 2 rings (SSSR count). The predicted molar refractivity (Wildman–Crippen MR) is 84.7 cm³/mol. The van der Waals surface area contributed by atoms with Crippen LogP contribution in [0.4, 0.5) is 11.6 Å². The second-order valence-corrected chi connectivity index (χ2v) is 5.83. The fourth-order valence-electron chi connectivity index (χ4n) is 2.16. The van der Waals surface area contributed by atoms with Crippen molar-refractivity contribution in [3.8, 4) is 0 Å². The van der Waals surface area contributed by atoms with Crippen molar-refractivity contribution >= 4 is 17.5 Å². The summed E-state index contributed by atoms with van der Waals surface area (Å²) in [5.74, 6) is 3.15. The Morgan fingerprint density at radius 2 is 1.95 bits per heavy atom. The summed E-state index contributed by atoms with van der Waals surface area (Å²) in [6.07, 6.45) is 2.78. The number of carbonyl (C=O) groups excluding carboxylic acids is 1. The number of carbonyl (C=O) groups is 1. The maximum Gasteiger partial charge on any atom is 0.221 e. The largest absolute Gasteiger partial charge is 0.373 e. The highest BCUT2D eigenvalue weighted by atomic mass is 16.1. The molecule has 1 fully saturated rings. The number of amides is 1. The van der Waals surface area contributed by atoms with Gasteiger partial charge < -0.3 is 16.0 Å². The SMILES string of the molecule is CNc1nc(C2CC2)nc(NCCC(=O)NC(C)C)c1C. The molecule has 3 N–H and O–H groups in total. The molecule has 116 valence electrons. The Morgan fingerprint density at radius 1 is 1.29 bits per heavy atom. The molecule has 21 heavy (non-hydrogen) atoms. The molecule has 0 atom stereocenters. The fraction of sp³-hybridized carbons (Fsp3) is 0.667. The van der Waals surface area contributed by atoms with Crippen molar-refractivity contribution in [3.63, 3.8) is 0 Å². The second kappa shape index (κ2) is 6.74. The van der Waals surface area contributed by atoms with Gasteiger partial charge >= 0.3 is 0 Å². The molecule has 1 amide bonds. The van der Waals surface area contributed by atoms with E-state index in [1.165, 1.54) is 12.8 Å². The Labute approximate surface area is 126 Å². The zero-order valence-electron chi connectivity index (χ0n) is 13.3. The molecule has 1 aromatic rings. The monoisotopic (exact) mass is 291 g/mol. The highest BCUT2D eigenvalue weighted by molar-refractivity contribution is 5.76. The summed E-state index contributed by atoms with van der Waals surface area (Å²) in [5.41, 5.74) is 0.992. The molecule has 6 nitrogen and oxygen atoms in total. The van der Waals surface area contributed by atoms with Gasteiger partial charge in [-0.3, -0.25) is 4.79 Å². The molecule has 0 unspecified atom stereocenters. The molecule has 0 saturated heterocycles. The van der Waals surface area contributed by atoms with E-state index in [1.807, 2.05) is 27.8 Å². The van der Waals surface area contributed by atoms with Gasteiger partial charge in [0.05, 0.1) is 0 Å². The van der Waals surface area contributed by atoms with Crippen LogP contribution in [0.3, 0.4) is 0 Å². The number of nitrogens with zero attached hydrogens (tertiary/aromatic N) is 2. The molecule has 0 aromatic carbocycles. The quantitative estimate of drug-likeness (QED) is 0.716. The van der Waals surface area contributed by atoms with Gasteiger partial charge in [0, 0.05) is 37.5 Å². The molecule has 0 aliphatic heterocycles. The molecule has 1 saturated carbocycles. The van der Waals surface area contributed by atoms with Crippen LogP contribution in [0.25, 0.3) is 0 Å². The van der Waals surface area contributed by atoms with Crippen LogP contribution < -0.4 is 16.0 Å². The van der Waals surface area contributed by atoms with Crippen LogP contribution in [0.2, 0.25) is 0 Å². The first-order valence-electron chi connectivity index (χ1n) is 7.60. The van der Waals surface area contributed by atoms with E-state index in [1.54, 1.807) is 0 Å². The van der Waals surface area contributed by atoms with Crippen molar-refractivity contribution < 1.29 is 4.79 Å². The summed E-state index contributed by atoms with van der Waals surface area (Å²) in [7, 11) is 1.87. The molecule has 0 spiro atoms. The minimum absolute atomic E-state index is 0.0560. The maximum absolute atomic E-state index is 11.6. The summed E-state index contributed by atoms with van der Waals surface area (Å²) in [6.45, 7) is 6.48. The molecule has 1 aliphatic carbocycles. The fourth-order valence-corrected chi connectivity index (χ4v) is 2.16. The van der Waals surface area contributed by atoms with Crippen LogP contribution in [0.5, 0.6) is 0 Å². The first kappa shape index (κ1) is 15.5. The van der Waals surface area contributed by atoms with E-state index in [-0.39, 0.29) is 11.9 Å². The van der Waals surface area contributed by atoms with Crippen LogP contribution >= 0.6 is 0 Å². The van der Waals surface area contributed by atoms with Crippen molar-refractivity contribution in [3.05, 3.63) is 11.4 Å². The highest BCUT2D eigenvalue weighted by Crippen LogP contribution is 2.39. The lowest BCUT2D eigenvalue weighted by Gasteiger charge is -2.14. The lowest BCUT2D eigenvalue weighted by molar-refractivity contribution is -0.121. The zero-order valence-corrected chi connectivity index (χ0v) is 13.3. The number of aromatic nitrogens is 2. The maximum atomic E-state index is 11.6. The van der Waals surface area contributed by atoms with E-state index in [9.17, 15) is 4.79 Å². The number of hydrogen-bond acceptors (Lipinski definition) is 5. The third-order valence-corrected chi connectivity index (χ3v) is 3.44. The molecule has 0 radical (unpaired) electrons. The van der Waals surface area contributed by atoms with Gasteiger partial charge in [0.25, 0.3) is 0 Å². The van der Waals surface area contributed by atoms with Gasteiger partial charge in [-0.25, -0.2) is 9.97 Å². The van der Waals surface area contributed by atoms with Gasteiger partial charge in [-0.05, 0) is 33.6 Å². The van der Waals surface area contributed by atoms with Gasteiger partial charge in [0.2, 0.25) is 5.91 Å². The van der Waals surface area contributed by atoms with Crippen molar-refractivity contribution in [2.45, 2.75) is 52.0 Å². The smallest absolute Gasteiger partial charge is 0.221 e. The summed E-state index contributed by atoms with van der Waals surface area (Å²) in [4.78, 5) is 20.8. The van der Waals surface area contributed by atoms with E-state index < -0.39 is 0 Å². The van der Waals surface area contributed by atoms with Crippen LogP contribution in [-0.4, -0.2) is 35.5 Å². The molecule has 1 aromatic heterocycles. The van der Waals surface area contributed by atoms with Gasteiger partial charge in [-0.2, -0.15) is 0 Å². The predicted octanol–water partition coefficient (Wildman–Crippen LogP) is 2.03. The van der Waals surface area contributed by atoms with Gasteiger partial charge in [-0.15, -0.1) is 0 Å². The van der Waals surface area contributed by atoms with Gasteiger partial charge in [0.1, 0.15) is 17.5 Å². The first-order valence-corrected chi connectivity index (χ1v) is 7.60. The zero-order chi connectivity index (χ0) is 15.4. The highest BCUT2D eigenvalue weighted by Gasteiger charge is 2.28. The third-order valence-electron chi connectivity index (χ3n) is 3.44. The normalized spacial score (nSPS) is 14.1. The minimum atomic E-state index is 0.0560. The molecule has 1 heterocycles. The first-order chi connectivity index (χ1) is 10.0. The van der Waals surface area contributed by atoms with Crippen molar-refractivity contribution in [1.82, 2.24) is 15.3 Å². The number of hydrogen-bond donors (Lipinski definition) is 3. The van der Waals surface area contributed by atoms with E-state index >= 15 is 0 Å². The van der Waals surface area contributed by atoms with E-state index in [0.29, 0.717) is 18.9 Å². The summed E-state index contributed by atoms with van der Waals surface area (Å²) in [5, 5.41) is 9.26. The summed E-state index contributed by atoms with van der Waals surface area (Å²) < 4.78 is 0. The lowest BCUT2D eigenvalue weighted by Crippen LogP contribution is -2.31. The molecule has 0 bridgehead atoms.